The van der Waals surface area contributed by atoms with Crippen LogP contribution in [0.4, 0.5) is 8.78 Å². The Bertz CT molecular complexity index is 203. The van der Waals surface area contributed by atoms with Crippen molar-refractivity contribution in [2.24, 2.45) is 0 Å². The Kier molecular flexibility index (Phi) is 3.63. The third kappa shape index (κ3) is 1.83. The molecule has 0 aliphatic carbocycles. The standard InChI is InChI=1S/C7H5F2.Li/c1-5-3-2-4-6(8)7(5)9;/h2-3H,1H3;/q-1;+1. The van der Waals surface area contributed by atoms with Gasteiger partial charge in [0.1, 0.15) is 0 Å². The zero-order chi connectivity index (χ0) is 6.85. The van der Waals surface area contributed by atoms with Crippen molar-refractivity contribution in [1.29, 1.82) is 0 Å². The summed E-state index contributed by atoms with van der Waals surface area (Å²) in [7, 11) is 0. The van der Waals surface area contributed by atoms with Gasteiger partial charge in [0.25, 0.3) is 0 Å². The molecule has 0 fully saturated rings. The summed E-state index contributed by atoms with van der Waals surface area (Å²) in [6, 6.07) is 4.92. The number of benzene rings is 1. The maximum absolute atomic E-state index is 12.3. The van der Waals surface area contributed by atoms with Gasteiger partial charge in [0, 0.05) is 11.6 Å². The summed E-state index contributed by atoms with van der Waals surface area (Å²) in [6.07, 6.45) is 0. The molecule has 0 atom stereocenters. The number of aryl methyl sites for hydroxylation is 1. The Labute approximate surface area is 70.4 Å². The summed E-state index contributed by atoms with van der Waals surface area (Å²) in [6.45, 7) is 1.51. The van der Waals surface area contributed by atoms with Crippen molar-refractivity contribution < 1.29 is 27.6 Å². The molecule has 0 saturated heterocycles. The van der Waals surface area contributed by atoms with Gasteiger partial charge in [-0.05, 0) is 0 Å². The quantitative estimate of drug-likeness (QED) is 0.318. The van der Waals surface area contributed by atoms with E-state index in [1.54, 1.807) is 0 Å². The van der Waals surface area contributed by atoms with Crippen LogP contribution in [0.1, 0.15) is 5.56 Å². The predicted molar refractivity (Wildman–Crippen MR) is 29.9 cm³/mol. The fraction of sp³-hybridized carbons (Fsp3) is 0.143. The van der Waals surface area contributed by atoms with Gasteiger partial charge in [0.05, 0.1) is 0 Å². The topological polar surface area (TPSA) is 0 Å². The van der Waals surface area contributed by atoms with Gasteiger partial charge in [-0.15, -0.1) is 11.6 Å². The largest absolute Gasteiger partial charge is 1.00 e. The van der Waals surface area contributed by atoms with Crippen molar-refractivity contribution in [3.8, 4) is 0 Å². The molecule has 10 heavy (non-hydrogen) atoms. The van der Waals surface area contributed by atoms with Crippen molar-refractivity contribution in [2.45, 2.75) is 6.92 Å². The molecular formula is C7H5F2Li. The molecule has 0 saturated carbocycles. The van der Waals surface area contributed by atoms with E-state index in [0.29, 0.717) is 5.56 Å². The van der Waals surface area contributed by atoms with E-state index in [1.807, 2.05) is 0 Å². The van der Waals surface area contributed by atoms with Gasteiger partial charge < -0.3 is 0 Å². The van der Waals surface area contributed by atoms with Crippen molar-refractivity contribution in [3.05, 3.63) is 35.4 Å². The molecule has 3 heteroatoms. The van der Waals surface area contributed by atoms with Crippen LogP contribution >= 0.6 is 0 Å². The first-order valence-electron chi connectivity index (χ1n) is 2.54. The zero-order valence-corrected chi connectivity index (χ0v) is 5.91. The summed E-state index contributed by atoms with van der Waals surface area (Å²) >= 11 is 0. The van der Waals surface area contributed by atoms with E-state index in [0.717, 1.165) is 0 Å². The zero-order valence-electron chi connectivity index (χ0n) is 5.91. The Morgan fingerprint density at radius 2 is 2.00 bits per heavy atom. The van der Waals surface area contributed by atoms with Crippen LogP contribution < -0.4 is 18.9 Å². The molecule has 0 heterocycles. The summed E-state index contributed by atoms with van der Waals surface area (Å²) in [4.78, 5) is 0. The Hall–Kier alpha value is -0.323. The minimum Gasteiger partial charge on any atom is -0.281 e. The van der Waals surface area contributed by atoms with Crippen LogP contribution in [-0.4, -0.2) is 0 Å². The molecule has 1 aromatic carbocycles. The van der Waals surface area contributed by atoms with E-state index in [9.17, 15) is 8.78 Å². The van der Waals surface area contributed by atoms with E-state index in [1.165, 1.54) is 19.1 Å². The molecule has 1 rings (SSSR count). The van der Waals surface area contributed by atoms with Gasteiger partial charge in [-0.1, -0.05) is 6.92 Å². The maximum Gasteiger partial charge on any atom is 1.00 e. The van der Waals surface area contributed by atoms with Crippen LogP contribution in [0.2, 0.25) is 0 Å². The first-order chi connectivity index (χ1) is 4.22. The Balaban J connectivity index is 0.000000810. The molecule has 0 radical (unpaired) electrons. The van der Waals surface area contributed by atoms with Crippen LogP contribution in [-0.2, 0) is 0 Å². The number of hydrogen-bond donors (Lipinski definition) is 0. The van der Waals surface area contributed by atoms with Crippen LogP contribution in [0.5, 0.6) is 0 Å². The molecule has 0 nitrogen and oxygen atoms in total. The molecule has 0 aliphatic heterocycles. The van der Waals surface area contributed by atoms with Gasteiger partial charge in [-0.3, -0.25) is 4.39 Å². The monoisotopic (exact) mass is 134 g/mol. The minimum absolute atomic E-state index is 0. The predicted octanol–water partition coefficient (Wildman–Crippen LogP) is -0.923. The smallest absolute Gasteiger partial charge is 0.281 e. The summed E-state index contributed by atoms with van der Waals surface area (Å²) < 4.78 is 24.5. The molecule has 0 N–H and O–H groups in total. The summed E-state index contributed by atoms with van der Waals surface area (Å²) in [5, 5.41) is 0. The van der Waals surface area contributed by atoms with Crippen LogP contribution in [0.15, 0.2) is 12.1 Å². The van der Waals surface area contributed by atoms with E-state index < -0.39 is 11.6 Å². The average Bonchev–Trinajstić information content (AvgIpc) is 1.83. The molecule has 0 bridgehead atoms. The molecule has 1 aromatic rings. The van der Waals surface area contributed by atoms with Gasteiger partial charge in [-0.25, -0.2) is 4.39 Å². The normalized spacial score (nSPS) is 8.70. The van der Waals surface area contributed by atoms with Crippen LogP contribution in [0.3, 0.4) is 0 Å². The van der Waals surface area contributed by atoms with Crippen molar-refractivity contribution in [1.82, 2.24) is 0 Å². The fourth-order valence-corrected chi connectivity index (χ4v) is 0.549. The summed E-state index contributed by atoms with van der Waals surface area (Å²) in [5.41, 5.74) is 0.311. The van der Waals surface area contributed by atoms with Gasteiger partial charge in [0.15, 0.2) is 0 Å². The van der Waals surface area contributed by atoms with Gasteiger partial charge >= 0.3 is 18.9 Å². The molecule has 48 valence electrons. The SMILES string of the molecule is Cc1cc[c-]c(F)c1F.[Li+]. The first kappa shape index (κ1) is 9.68. The molecule has 0 aliphatic rings. The number of halogens is 2. The molecule has 0 spiro atoms. The summed E-state index contributed by atoms with van der Waals surface area (Å²) in [5.74, 6) is -1.72. The van der Waals surface area contributed by atoms with Crippen LogP contribution in [0, 0.1) is 24.6 Å². The van der Waals surface area contributed by atoms with E-state index in [-0.39, 0.29) is 18.9 Å². The third-order valence-electron chi connectivity index (χ3n) is 1.08. The number of rotatable bonds is 0. The first-order valence-corrected chi connectivity index (χ1v) is 2.54. The van der Waals surface area contributed by atoms with E-state index in [4.69, 9.17) is 0 Å². The minimum atomic E-state index is -0.907. The second kappa shape index (κ2) is 3.75. The van der Waals surface area contributed by atoms with Crippen molar-refractivity contribution >= 4 is 0 Å². The van der Waals surface area contributed by atoms with Crippen molar-refractivity contribution in [3.63, 3.8) is 0 Å². The Morgan fingerprint density at radius 1 is 1.40 bits per heavy atom. The van der Waals surface area contributed by atoms with Gasteiger partial charge in [0.2, 0.25) is 0 Å². The van der Waals surface area contributed by atoms with Crippen LogP contribution in [0.25, 0.3) is 0 Å². The molecular weight excluding hydrogens is 129 g/mol. The third-order valence-corrected chi connectivity index (χ3v) is 1.08. The molecule has 0 unspecified atom stereocenters. The molecule has 0 aromatic heterocycles. The maximum atomic E-state index is 12.3. The van der Waals surface area contributed by atoms with Gasteiger partial charge in [-0.2, -0.15) is 12.1 Å². The Morgan fingerprint density at radius 3 is 2.40 bits per heavy atom. The van der Waals surface area contributed by atoms with E-state index in [2.05, 4.69) is 6.07 Å². The average molecular weight is 134 g/mol. The fourth-order valence-electron chi connectivity index (χ4n) is 0.549. The second-order valence-corrected chi connectivity index (χ2v) is 1.79. The molecule has 0 amide bonds. The van der Waals surface area contributed by atoms with E-state index >= 15 is 0 Å². The van der Waals surface area contributed by atoms with Crippen molar-refractivity contribution in [2.75, 3.05) is 0 Å². The second-order valence-electron chi connectivity index (χ2n) is 1.79. The number of hydrogen-bond acceptors (Lipinski definition) is 0.